The summed E-state index contributed by atoms with van der Waals surface area (Å²) >= 11 is 0. The second-order valence-corrected chi connectivity index (χ2v) is 8.36. The van der Waals surface area contributed by atoms with Crippen LogP contribution >= 0.6 is 0 Å². The van der Waals surface area contributed by atoms with E-state index in [-0.39, 0.29) is 23.2 Å². The molecule has 3 aliphatic rings. The fourth-order valence-electron chi connectivity index (χ4n) is 6.26. The molecule has 1 aromatic carbocycles. The lowest BCUT2D eigenvalue weighted by atomic mass is 9.52. The van der Waals surface area contributed by atoms with Gasteiger partial charge in [-0.25, -0.2) is 4.39 Å². The normalized spacial score (nSPS) is 42.4. The molecule has 4 rings (SSSR count). The minimum Gasteiger partial charge on any atom is -0.505 e. The van der Waals surface area contributed by atoms with Crippen molar-refractivity contribution in [3.8, 4) is 5.75 Å². The van der Waals surface area contributed by atoms with Crippen LogP contribution in [0.25, 0.3) is 0 Å². The van der Waals surface area contributed by atoms with Crippen LogP contribution in [0.1, 0.15) is 49.7 Å². The van der Waals surface area contributed by atoms with Gasteiger partial charge in [-0.3, -0.25) is 0 Å². The average Bonchev–Trinajstić information content (AvgIpc) is 2.88. The minimum absolute atomic E-state index is 0.0705. The van der Waals surface area contributed by atoms with Gasteiger partial charge in [0.25, 0.3) is 0 Å². The predicted molar refractivity (Wildman–Crippen MR) is 94.0 cm³/mol. The number of hydrogen-bond acceptors (Lipinski definition) is 3. The molecule has 3 aliphatic carbocycles. The highest BCUT2D eigenvalue weighted by atomic mass is 19.1. The Hall–Kier alpha value is -1.39. The van der Waals surface area contributed by atoms with Crippen LogP contribution in [0.4, 0.5) is 4.39 Å². The first-order valence-corrected chi connectivity index (χ1v) is 9.25. The summed E-state index contributed by atoms with van der Waals surface area (Å²) in [6.07, 6.45) is 5.57. The fraction of sp³-hybridized carbons (Fsp3) is 0.619. The van der Waals surface area contributed by atoms with Crippen molar-refractivity contribution in [3.63, 3.8) is 0 Å². The van der Waals surface area contributed by atoms with E-state index in [2.05, 4.69) is 13.5 Å². The number of fused-ring (bicyclic) bond motifs is 5. The molecule has 2 saturated carbocycles. The molecular formula is C21H27FO3. The zero-order chi connectivity index (χ0) is 18.0. The molecule has 6 atom stereocenters. The van der Waals surface area contributed by atoms with E-state index in [9.17, 15) is 14.6 Å². The summed E-state index contributed by atoms with van der Waals surface area (Å²) in [5.41, 5.74) is 0.502. The maximum absolute atomic E-state index is 14.5. The van der Waals surface area contributed by atoms with Crippen LogP contribution in [0.15, 0.2) is 24.8 Å². The van der Waals surface area contributed by atoms with Gasteiger partial charge in [-0.05, 0) is 61.1 Å². The molecule has 4 heteroatoms. The van der Waals surface area contributed by atoms with Crippen LogP contribution in [-0.4, -0.2) is 29.0 Å². The van der Waals surface area contributed by atoms with Crippen LogP contribution in [0, 0.1) is 23.1 Å². The Labute approximate surface area is 148 Å². The maximum atomic E-state index is 14.5. The third-order valence-electron chi connectivity index (χ3n) is 7.63. The van der Waals surface area contributed by atoms with Crippen molar-refractivity contribution >= 4 is 0 Å². The van der Waals surface area contributed by atoms with Gasteiger partial charge >= 0.3 is 0 Å². The third-order valence-corrected chi connectivity index (χ3v) is 7.63. The van der Waals surface area contributed by atoms with E-state index in [4.69, 9.17) is 4.74 Å². The fourth-order valence-corrected chi connectivity index (χ4v) is 6.26. The highest BCUT2D eigenvalue weighted by Crippen LogP contribution is 2.65. The summed E-state index contributed by atoms with van der Waals surface area (Å²) in [6.45, 7) is 6.06. The van der Waals surface area contributed by atoms with Gasteiger partial charge in [-0.15, -0.1) is 6.58 Å². The summed E-state index contributed by atoms with van der Waals surface area (Å²) in [4.78, 5) is 0. The van der Waals surface area contributed by atoms with E-state index in [1.54, 1.807) is 13.2 Å². The number of halogens is 1. The molecule has 0 bridgehead atoms. The zero-order valence-corrected chi connectivity index (χ0v) is 15.0. The molecule has 0 unspecified atom stereocenters. The molecular weight excluding hydrogens is 319 g/mol. The second-order valence-electron chi connectivity index (χ2n) is 8.36. The van der Waals surface area contributed by atoms with Gasteiger partial charge in [0.15, 0.2) is 11.6 Å². The molecule has 0 saturated heterocycles. The van der Waals surface area contributed by atoms with Crippen molar-refractivity contribution in [2.75, 3.05) is 7.11 Å². The van der Waals surface area contributed by atoms with E-state index < -0.39 is 11.4 Å². The number of phenolic OH excluding ortho intramolecular Hbond substituents is 1. The smallest absolute Gasteiger partial charge is 0.168 e. The van der Waals surface area contributed by atoms with Gasteiger partial charge in [0.1, 0.15) is 0 Å². The molecule has 25 heavy (non-hydrogen) atoms. The summed E-state index contributed by atoms with van der Waals surface area (Å²) in [7, 11) is 1.71. The summed E-state index contributed by atoms with van der Waals surface area (Å²) in [5, 5.41) is 20.9. The number of phenols is 1. The van der Waals surface area contributed by atoms with Crippen molar-refractivity contribution in [2.24, 2.45) is 17.3 Å². The second kappa shape index (κ2) is 5.55. The lowest BCUT2D eigenvalue weighted by molar-refractivity contribution is -0.120. The van der Waals surface area contributed by atoms with Crippen molar-refractivity contribution in [1.82, 2.24) is 0 Å². The Kier molecular flexibility index (Phi) is 3.79. The van der Waals surface area contributed by atoms with Crippen molar-refractivity contribution in [1.29, 1.82) is 0 Å². The maximum Gasteiger partial charge on any atom is 0.168 e. The zero-order valence-electron chi connectivity index (χ0n) is 15.0. The molecule has 3 nitrogen and oxygen atoms in total. The van der Waals surface area contributed by atoms with Crippen LogP contribution in [0.2, 0.25) is 0 Å². The number of aromatic hydroxyl groups is 1. The van der Waals surface area contributed by atoms with Gasteiger partial charge in [-0.1, -0.05) is 19.1 Å². The van der Waals surface area contributed by atoms with Crippen LogP contribution in [0.5, 0.6) is 5.75 Å². The highest BCUT2D eigenvalue weighted by Gasteiger charge is 2.63. The quantitative estimate of drug-likeness (QED) is 0.798. The molecule has 136 valence electrons. The van der Waals surface area contributed by atoms with E-state index >= 15 is 0 Å². The van der Waals surface area contributed by atoms with E-state index in [1.807, 2.05) is 6.07 Å². The van der Waals surface area contributed by atoms with Crippen LogP contribution in [-0.2, 0) is 11.2 Å². The van der Waals surface area contributed by atoms with Gasteiger partial charge < -0.3 is 14.9 Å². The Morgan fingerprint density at radius 1 is 1.36 bits per heavy atom. The molecule has 0 aromatic heterocycles. The summed E-state index contributed by atoms with van der Waals surface area (Å²) in [6, 6.07) is 3.33. The van der Waals surface area contributed by atoms with Crippen molar-refractivity contribution in [3.05, 3.63) is 41.7 Å². The molecule has 0 radical (unpaired) electrons. The molecule has 0 heterocycles. The standard InChI is InChI=1S/C21H27FO3/c1-4-21(24)10-9-15-14-6-5-13-12(7-8-16(23)19(13)22)18(14)17(25-3)11-20(15,21)2/h4,7-8,14-15,17-18,23-24H,1,5-6,9-11H2,2-3H3/t14-,15-,17-,18+,20-,21-/m0/s1. The SMILES string of the molecule is C=C[C@]1(O)CC[C@H]2[C@@H]3CCc4c(ccc(O)c4F)[C@H]3[C@@H](OC)C[C@@]21C. The van der Waals surface area contributed by atoms with E-state index in [0.29, 0.717) is 23.8 Å². The summed E-state index contributed by atoms with van der Waals surface area (Å²) in [5.74, 6) is 0.0991. The van der Waals surface area contributed by atoms with Gasteiger partial charge in [0.2, 0.25) is 0 Å². The molecule has 1 aromatic rings. The Bertz CT molecular complexity index is 717. The number of rotatable bonds is 2. The molecule has 2 fully saturated rings. The largest absolute Gasteiger partial charge is 0.505 e. The van der Waals surface area contributed by atoms with Gasteiger partial charge in [0.05, 0.1) is 11.7 Å². The summed E-state index contributed by atoms with van der Waals surface area (Å²) < 4.78 is 20.3. The van der Waals surface area contributed by atoms with Crippen LogP contribution < -0.4 is 0 Å². The Morgan fingerprint density at radius 2 is 2.12 bits per heavy atom. The number of benzene rings is 1. The highest BCUT2D eigenvalue weighted by molar-refractivity contribution is 5.42. The number of aliphatic hydroxyl groups is 1. The number of hydrogen-bond donors (Lipinski definition) is 2. The Morgan fingerprint density at radius 3 is 2.80 bits per heavy atom. The predicted octanol–water partition coefficient (Wildman–Crippen LogP) is 3.93. The molecule has 0 aliphatic heterocycles. The monoisotopic (exact) mass is 346 g/mol. The first-order valence-electron chi connectivity index (χ1n) is 9.25. The Balaban J connectivity index is 1.81. The van der Waals surface area contributed by atoms with E-state index in [1.165, 1.54) is 6.07 Å². The molecule has 0 amide bonds. The first-order chi connectivity index (χ1) is 11.9. The minimum atomic E-state index is -0.861. The van der Waals surface area contributed by atoms with Crippen molar-refractivity contribution < 1.29 is 19.3 Å². The lowest BCUT2D eigenvalue weighted by Crippen LogP contribution is -2.54. The van der Waals surface area contributed by atoms with Gasteiger partial charge in [0, 0.05) is 18.4 Å². The number of ether oxygens (including phenoxy) is 1. The van der Waals surface area contributed by atoms with Crippen LogP contribution in [0.3, 0.4) is 0 Å². The van der Waals surface area contributed by atoms with Gasteiger partial charge in [-0.2, -0.15) is 0 Å². The lowest BCUT2D eigenvalue weighted by Gasteiger charge is -2.55. The third kappa shape index (κ3) is 2.10. The van der Waals surface area contributed by atoms with Crippen molar-refractivity contribution in [2.45, 2.75) is 56.7 Å². The average molecular weight is 346 g/mol. The van der Waals surface area contributed by atoms with E-state index in [0.717, 1.165) is 31.2 Å². The molecule has 2 N–H and O–H groups in total. The first kappa shape index (κ1) is 17.0. The number of methoxy groups -OCH3 is 1. The molecule has 0 spiro atoms. The topological polar surface area (TPSA) is 49.7 Å².